The van der Waals surface area contributed by atoms with Crippen molar-refractivity contribution >= 4 is 0 Å². The maximum absolute atomic E-state index is 5.79. The van der Waals surface area contributed by atoms with Crippen LogP contribution in [0.1, 0.15) is 44.9 Å². The summed E-state index contributed by atoms with van der Waals surface area (Å²) < 4.78 is 15.2. The minimum Gasteiger partial charge on any atom is -0.481 e. The van der Waals surface area contributed by atoms with Gasteiger partial charge in [-0.05, 0) is 58.6 Å². The topological polar surface area (TPSA) is 70.2 Å². The molecule has 3 aromatic rings. The first kappa shape index (κ1) is 23.1. The summed E-state index contributed by atoms with van der Waals surface area (Å²) in [5.74, 6) is 1.26. The Morgan fingerprint density at radius 2 is 2.03 bits per heavy atom. The number of methoxy groups -OCH3 is 1. The van der Waals surface area contributed by atoms with E-state index in [1.54, 1.807) is 7.11 Å². The second kappa shape index (κ2) is 9.88. The van der Waals surface area contributed by atoms with Crippen LogP contribution in [-0.4, -0.2) is 68.4 Å². The van der Waals surface area contributed by atoms with Crippen molar-refractivity contribution in [2.24, 2.45) is 5.92 Å². The Labute approximate surface area is 201 Å². The number of piperidine rings is 1. The third-order valence-electron chi connectivity index (χ3n) is 7.30. The summed E-state index contributed by atoms with van der Waals surface area (Å²) in [5, 5.41) is 9.79. The van der Waals surface area contributed by atoms with Crippen LogP contribution in [0.4, 0.5) is 0 Å². The van der Waals surface area contributed by atoms with E-state index >= 15 is 0 Å². The zero-order valence-corrected chi connectivity index (χ0v) is 20.8. The van der Waals surface area contributed by atoms with Crippen molar-refractivity contribution in [2.45, 2.75) is 65.1 Å². The highest BCUT2D eigenvalue weighted by atomic mass is 16.5. The summed E-state index contributed by atoms with van der Waals surface area (Å²) in [6, 6.07) is 5.11. The summed E-state index contributed by atoms with van der Waals surface area (Å²) in [5.41, 5.74) is 5.47. The monoisotopic (exact) mass is 464 g/mol. The van der Waals surface area contributed by atoms with Crippen molar-refractivity contribution in [3.8, 4) is 22.8 Å². The van der Waals surface area contributed by atoms with Crippen LogP contribution in [0, 0.1) is 5.92 Å². The Balaban J connectivity index is 1.39. The highest BCUT2D eigenvalue weighted by molar-refractivity contribution is 5.64. The summed E-state index contributed by atoms with van der Waals surface area (Å²) in [4.78, 5) is 7.00. The maximum atomic E-state index is 5.79. The minimum absolute atomic E-state index is 0.598. The fourth-order valence-electron chi connectivity index (χ4n) is 5.58. The molecule has 2 aliphatic rings. The molecule has 0 radical (unpaired) electrons. The molecule has 1 saturated heterocycles. The Morgan fingerprint density at radius 1 is 1.18 bits per heavy atom. The number of likely N-dealkylation sites (tertiary alicyclic amines) is 1. The number of hydrogen-bond donors (Lipinski definition) is 0. The van der Waals surface area contributed by atoms with Gasteiger partial charge >= 0.3 is 0 Å². The van der Waals surface area contributed by atoms with Crippen molar-refractivity contribution in [1.82, 2.24) is 29.4 Å². The molecular formula is C26H36N6O2. The van der Waals surface area contributed by atoms with Gasteiger partial charge in [0.25, 0.3) is 0 Å². The molecule has 34 heavy (non-hydrogen) atoms. The summed E-state index contributed by atoms with van der Waals surface area (Å²) in [7, 11) is 1.63. The predicted molar refractivity (Wildman–Crippen MR) is 131 cm³/mol. The normalized spacial score (nSPS) is 21.4. The lowest BCUT2D eigenvalue weighted by Crippen LogP contribution is -2.45. The Morgan fingerprint density at radius 3 is 2.76 bits per heavy atom. The third kappa shape index (κ3) is 4.61. The fraction of sp³-hybridized carbons (Fsp3) is 0.577. The average Bonchev–Trinajstić information content (AvgIpc) is 3.35. The Kier molecular flexibility index (Phi) is 6.70. The van der Waals surface area contributed by atoms with Crippen LogP contribution in [-0.2, 0) is 24.1 Å². The second-order valence-electron chi connectivity index (χ2n) is 9.88. The molecule has 182 valence electrons. The lowest BCUT2D eigenvalue weighted by atomic mass is 9.90. The van der Waals surface area contributed by atoms with Crippen molar-refractivity contribution in [3.63, 3.8) is 0 Å². The van der Waals surface area contributed by atoms with Crippen LogP contribution < -0.4 is 4.74 Å². The van der Waals surface area contributed by atoms with E-state index in [1.165, 1.54) is 30.6 Å². The summed E-state index contributed by atoms with van der Waals surface area (Å²) in [6.45, 7) is 10.5. The van der Waals surface area contributed by atoms with Crippen LogP contribution in [0.25, 0.3) is 16.9 Å². The van der Waals surface area contributed by atoms with Gasteiger partial charge in [-0.1, -0.05) is 0 Å². The van der Waals surface area contributed by atoms with E-state index < -0.39 is 0 Å². The van der Waals surface area contributed by atoms with Crippen molar-refractivity contribution < 1.29 is 9.47 Å². The molecule has 2 aliphatic heterocycles. The smallest absolute Gasteiger partial charge is 0.213 e. The van der Waals surface area contributed by atoms with Gasteiger partial charge in [-0.2, -0.15) is 10.2 Å². The van der Waals surface area contributed by atoms with Crippen LogP contribution in [0.3, 0.4) is 0 Å². The van der Waals surface area contributed by atoms with E-state index in [0.717, 1.165) is 36.3 Å². The van der Waals surface area contributed by atoms with E-state index in [-0.39, 0.29) is 0 Å². The average molecular weight is 465 g/mol. The molecule has 1 fully saturated rings. The first-order valence-corrected chi connectivity index (χ1v) is 12.5. The van der Waals surface area contributed by atoms with Gasteiger partial charge < -0.3 is 9.47 Å². The van der Waals surface area contributed by atoms with Crippen LogP contribution in [0.2, 0.25) is 0 Å². The van der Waals surface area contributed by atoms with Gasteiger partial charge in [-0.3, -0.25) is 9.58 Å². The number of ether oxygens (including phenoxy) is 2. The second-order valence-corrected chi connectivity index (χ2v) is 9.88. The highest BCUT2D eigenvalue weighted by Gasteiger charge is 2.28. The molecule has 0 aromatic carbocycles. The quantitative estimate of drug-likeness (QED) is 0.553. The standard InChI is InChI=1S/C26H36N6O2/c1-18(2)31-10-7-20(13-19(31)3)16-30-17-21(14-28-30)26-23-8-11-34-12-9-24(23)32(29-26)22-5-6-25(33-4)27-15-22/h5-6,14-15,17-20H,7-13,16H2,1-4H3/t19-,20-/m1/s1. The lowest BCUT2D eigenvalue weighted by molar-refractivity contribution is 0.0849. The zero-order valence-electron chi connectivity index (χ0n) is 20.8. The lowest BCUT2D eigenvalue weighted by Gasteiger charge is -2.40. The number of nitrogens with zero attached hydrogens (tertiary/aromatic N) is 6. The van der Waals surface area contributed by atoms with Crippen molar-refractivity contribution in [3.05, 3.63) is 42.0 Å². The molecule has 0 spiro atoms. The molecule has 2 atom stereocenters. The van der Waals surface area contributed by atoms with E-state index in [4.69, 9.17) is 19.7 Å². The van der Waals surface area contributed by atoms with Gasteiger partial charge in [0, 0.05) is 48.4 Å². The van der Waals surface area contributed by atoms with Gasteiger partial charge in [-0.15, -0.1) is 0 Å². The number of fused-ring (bicyclic) bond motifs is 1. The highest BCUT2D eigenvalue weighted by Crippen LogP contribution is 2.31. The Bertz CT molecular complexity index is 1100. The molecule has 0 N–H and O–H groups in total. The van der Waals surface area contributed by atoms with Gasteiger partial charge in [-0.25, -0.2) is 9.67 Å². The largest absolute Gasteiger partial charge is 0.481 e. The van der Waals surface area contributed by atoms with Crippen molar-refractivity contribution in [1.29, 1.82) is 0 Å². The van der Waals surface area contributed by atoms with Crippen LogP contribution in [0.15, 0.2) is 30.7 Å². The predicted octanol–water partition coefficient (Wildman–Crippen LogP) is 3.76. The molecule has 0 unspecified atom stereocenters. The number of aromatic nitrogens is 5. The van der Waals surface area contributed by atoms with Crippen molar-refractivity contribution in [2.75, 3.05) is 26.9 Å². The number of hydrogen-bond acceptors (Lipinski definition) is 6. The summed E-state index contributed by atoms with van der Waals surface area (Å²) >= 11 is 0. The number of rotatable bonds is 6. The van der Waals surface area contributed by atoms with E-state index in [1.807, 2.05) is 29.2 Å². The molecule has 8 heteroatoms. The minimum atomic E-state index is 0.598. The molecule has 0 bridgehead atoms. The van der Waals surface area contributed by atoms with E-state index in [9.17, 15) is 0 Å². The molecule has 0 saturated carbocycles. The first-order valence-electron chi connectivity index (χ1n) is 12.5. The van der Waals surface area contributed by atoms with E-state index in [2.05, 4.69) is 41.5 Å². The molecular weight excluding hydrogens is 428 g/mol. The van der Waals surface area contributed by atoms with Gasteiger partial charge in [0.2, 0.25) is 5.88 Å². The first-order chi connectivity index (χ1) is 16.5. The van der Waals surface area contributed by atoms with Crippen LogP contribution >= 0.6 is 0 Å². The number of pyridine rings is 1. The molecule has 5 heterocycles. The molecule has 3 aromatic heterocycles. The summed E-state index contributed by atoms with van der Waals surface area (Å²) in [6.07, 6.45) is 10.1. The van der Waals surface area contributed by atoms with Gasteiger partial charge in [0.15, 0.2) is 0 Å². The SMILES string of the molecule is COc1ccc(-n2nc(-c3cnn(C[C@@H]4CCN(C(C)C)[C@H](C)C4)c3)c3c2CCOCC3)cn1. The molecule has 5 rings (SSSR count). The molecule has 0 amide bonds. The molecule has 0 aliphatic carbocycles. The van der Waals surface area contributed by atoms with Crippen LogP contribution in [0.5, 0.6) is 5.88 Å². The van der Waals surface area contributed by atoms with E-state index in [0.29, 0.717) is 37.1 Å². The van der Waals surface area contributed by atoms with Gasteiger partial charge in [0.05, 0.1) is 49.8 Å². The molecule has 8 nitrogen and oxygen atoms in total. The maximum Gasteiger partial charge on any atom is 0.213 e. The third-order valence-corrected chi connectivity index (χ3v) is 7.30. The Hall–Kier alpha value is -2.71. The fourth-order valence-corrected chi connectivity index (χ4v) is 5.58. The zero-order chi connectivity index (χ0) is 23.7. The van der Waals surface area contributed by atoms with Gasteiger partial charge in [0.1, 0.15) is 0 Å².